The predicted octanol–water partition coefficient (Wildman–Crippen LogP) is 4.49. The van der Waals surface area contributed by atoms with Crippen LogP contribution in [0.3, 0.4) is 0 Å². The van der Waals surface area contributed by atoms with E-state index in [2.05, 4.69) is 37.4 Å². The summed E-state index contributed by atoms with van der Waals surface area (Å²) >= 11 is 0. The third kappa shape index (κ3) is 3.42. The van der Waals surface area contributed by atoms with Crippen LogP contribution in [0.4, 0.5) is 0 Å². The normalized spacial score (nSPS) is 26.8. The third-order valence-electron chi connectivity index (χ3n) is 5.25. The highest BCUT2D eigenvalue weighted by Crippen LogP contribution is 2.38. The van der Waals surface area contributed by atoms with Crippen LogP contribution in [0.2, 0.25) is 0 Å². The van der Waals surface area contributed by atoms with Gasteiger partial charge in [-0.15, -0.1) is 0 Å². The molecule has 2 nitrogen and oxygen atoms in total. The average molecular weight is 287 g/mol. The predicted molar refractivity (Wildman–Crippen MR) is 87.8 cm³/mol. The van der Waals surface area contributed by atoms with Crippen molar-refractivity contribution in [2.75, 3.05) is 13.2 Å². The third-order valence-corrected chi connectivity index (χ3v) is 5.25. The molecule has 1 saturated carbocycles. The Bertz CT molecular complexity index is 463. The second-order valence-corrected chi connectivity index (χ2v) is 6.87. The molecule has 1 aliphatic heterocycles. The van der Waals surface area contributed by atoms with Crippen LogP contribution in [0.1, 0.15) is 63.1 Å². The number of ether oxygens (including phenoxy) is 1. The molecule has 0 saturated heterocycles. The monoisotopic (exact) mass is 287 g/mol. The van der Waals surface area contributed by atoms with Crippen molar-refractivity contribution in [3.05, 3.63) is 29.3 Å². The quantitative estimate of drug-likeness (QED) is 0.881. The summed E-state index contributed by atoms with van der Waals surface area (Å²) in [6.07, 6.45) is 7.84. The maximum Gasteiger partial charge on any atom is 0.122 e. The summed E-state index contributed by atoms with van der Waals surface area (Å²) < 4.78 is 5.76. The maximum atomic E-state index is 5.76. The molecular formula is C19H29NO. The Morgan fingerprint density at radius 3 is 2.81 bits per heavy atom. The van der Waals surface area contributed by atoms with Gasteiger partial charge in [0.1, 0.15) is 5.75 Å². The first-order chi connectivity index (χ1) is 10.3. The second kappa shape index (κ2) is 6.83. The lowest BCUT2D eigenvalue weighted by Gasteiger charge is -2.34. The molecule has 1 fully saturated rings. The van der Waals surface area contributed by atoms with Gasteiger partial charge in [-0.05, 0) is 61.3 Å². The Morgan fingerprint density at radius 2 is 2.05 bits per heavy atom. The van der Waals surface area contributed by atoms with Crippen LogP contribution in [0, 0.1) is 11.8 Å². The highest BCUT2D eigenvalue weighted by molar-refractivity contribution is 5.39. The van der Waals surface area contributed by atoms with E-state index in [1.165, 1.54) is 43.2 Å². The van der Waals surface area contributed by atoms with E-state index in [0.29, 0.717) is 6.04 Å². The summed E-state index contributed by atoms with van der Waals surface area (Å²) in [5.41, 5.74) is 2.88. The Morgan fingerprint density at radius 1 is 1.24 bits per heavy atom. The summed E-state index contributed by atoms with van der Waals surface area (Å²) in [7, 11) is 0. The lowest BCUT2D eigenvalue weighted by molar-refractivity contribution is 0.232. The van der Waals surface area contributed by atoms with E-state index in [-0.39, 0.29) is 0 Å². The summed E-state index contributed by atoms with van der Waals surface area (Å²) in [5, 5.41) is 3.75. The van der Waals surface area contributed by atoms with E-state index >= 15 is 0 Å². The van der Waals surface area contributed by atoms with Crippen LogP contribution in [0.5, 0.6) is 5.75 Å². The van der Waals surface area contributed by atoms with E-state index in [9.17, 15) is 0 Å². The van der Waals surface area contributed by atoms with Crippen LogP contribution in [0.25, 0.3) is 0 Å². The SMILES string of the molecule is CCNC(c1ccc2c(c1)CCCO2)C1CCC(C)CC1. The lowest BCUT2D eigenvalue weighted by Crippen LogP contribution is -2.31. The Hall–Kier alpha value is -1.02. The van der Waals surface area contributed by atoms with Gasteiger partial charge in [-0.1, -0.05) is 38.8 Å². The van der Waals surface area contributed by atoms with Gasteiger partial charge in [0.05, 0.1) is 6.61 Å². The van der Waals surface area contributed by atoms with E-state index in [0.717, 1.165) is 37.2 Å². The largest absolute Gasteiger partial charge is 0.493 e. The van der Waals surface area contributed by atoms with Crippen LogP contribution >= 0.6 is 0 Å². The number of rotatable bonds is 4. The lowest BCUT2D eigenvalue weighted by atomic mass is 9.77. The fourth-order valence-corrected chi connectivity index (χ4v) is 3.97. The average Bonchev–Trinajstić information content (AvgIpc) is 2.53. The van der Waals surface area contributed by atoms with Gasteiger partial charge < -0.3 is 10.1 Å². The Kier molecular flexibility index (Phi) is 4.84. The van der Waals surface area contributed by atoms with Crippen molar-refractivity contribution in [3.63, 3.8) is 0 Å². The van der Waals surface area contributed by atoms with Gasteiger partial charge in [0.15, 0.2) is 0 Å². The molecule has 0 spiro atoms. The van der Waals surface area contributed by atoms with Gasteiger partial charge in [0, 0.05) is 6.04 Å². The molecule has 1 aromatic carbocycles. The molecular weight excluding hydrogens is 258 g/mol. The minimum Gasteiger partial charge on any atom is -0.493 e. The highest BCUT2D eigenvalue weighted by atomic mass is 16.5. The van der Waals surface area contributed by atoms with Crippen molar-refractivity contribution < 1.29 is 4.74 Å². The molecule has 1 aliphatic carbocycles. The molecule has 0 radical (unpaired) electrons. The molecule has 1 atom stereocenters. The van der Waals surface area contributed by atoms with Gasteiger partial charge >= 0.3 is 0 Å². The smallest absolute Gasteiger partial charge is 0.122 e. The van der Waals surface area contributed by atoms with Crippen LogP contribution in [-0.2, 0) is 6.42 Å². The molecule has 0 aromatic heterocycles. The maximum absolute atomic E-state index is 5.76. The first-order valence-electron chi connectivity index (χ1n) is 8.77. The van der Waals surface area contributed by atoms with Crippen molar-refractivity contribution in [3.8, 4) is 5.75 Å². The first-order valence-corrected chi connectivity index (χ1v) is 8.77. The molecule has 21 heavy (non-hydrogen) atoms. The van der Waals surface area contributed by atoms with Gasteiger partial charge in [-0.2, -0.15) is 0 Å². The molecule has 0 bridgehead atoms. The molecule has 3 rings (SSSR count). The van der Waals surface area contributed by atoms with Crippen molar-refractivity contribution >= 4 is 0 Å². The van der Waals surface area contributed by atoms with Gasteiger partial charge in [0.25, 0.3) is 0 Å². The molecule has 1 aromatic rings. The van der Waals surface area contributed by atoms with Crippen molar-refractivity contribution in [2.45, 2.75) is 58.4 Å². The number of aryl methyl sites for hydroxylation is 1. The van der Waals surface area contributed by atoms with E-state index in [1.54, 1.807) is 0 Å². The van der Waals surface area contributed by atoms with Crippen molar-refractivity contribution in [1.82, 2.24) is 5.32 Å². The van der Waals surface area contributed by atoms with E-state index in [1.807, 2.05) is 0 Å². The Balaban J connectivity index is 1.79. The molecule has 2 heteroatoms. The topological polar surface area (TPSA) is 21.3 Å². The zero-order valence-corrected chi connectivity index (χ0v) is 13.5. The van der Waals surface area contributed by atoms with E-state index in [4.69, 9.17) is 4.74 Å². The first kappa shape index (κ1) is 14.9. The fraction of sp³-hybridized carbons (Fsp3) is 0.684. The number of nitrogens with one attached hydrogen (secondary N) is 1. The van der Waals surface area contributed by atoms with Crippen molar-refractivity contribution in [2.24, 2.45) is 11.8 Å². The van der Waals surface area contributed by atoms with Crippen LogP contribution < -0.4 is 10.1 Å². The van der Waals surface area contributed by atoms with E-state index < -0.39 is 0 Å². The minimum atomic E-state index is 0.523. The zero-order valence-electron chi connectivity index (χ0n) is 13.5. The molecule has 1 heterocycles. The fourth-order valence-electron chi connectivity index (χ4n) is 3.97. The van der Waals surface area contributed by atoms with Crippen LogP contribution in [-0.4, -0.2) is 13.2 Å². The number of fused-ring (bicyclic) bond motifs is 1. The zero-order chi connectivity index (χ0) is 14.7. The molecule has 1 unspecified atom stereocenters. The second-order valence-electron chi connectivity index (χ2n) is 6.87. The van der Waals surface area contributed by atoms with Gasteiger partial charge in [0.2, 0.25) is 0 Å². The number of benzene rings is 1. The summed E-state index contributed by atoms with van der Waals surface area (Å²) in [6.45, 7) is 6.54. The molecule has 0 amide bonds. The van der Waals surface area contributed by atoms with Gasteiger partial charge in [-0.3, -0.25) is 0 Å². The number of hydrogen-bond donors (Lipinski definition) is 1. The summed E-state index contributed by atoms with van der Waals surface area (Å²) in [4.78, 5) is 0. The van der Waals surface area contributed by atoms with Crippen LogP contribution in [0.15, 0.2) is 18.2 Å². The van der Waals surface area contributed by atoms with Gasteiger partial charge in [-0.25, -0.2) is 0 Å². The molecule has 116 valence electrons. The molecule has 1 N–H and O–H groups in total. The highest BCUT2D eigenvalue weighted by Gasteiger charge is 2.27. The molecule has 2 aliphatic rings. The number of hydrogen-bond acceptors (Lipinski definition) is 2. The summed E-state index contributed by atoms with van der Waals surface area (Å²) in [6, 6.07) is 7.41. The Labute approximate surface area is 129 Å². The minimum absolute atomic E-state index is 0.523. The van der Waals surface area contributed by atoms with Crippen molar-refractivity contribution in [1.29, 1.82) is 0 Å². The summed E-state index contributed by atoms with van der Waals surface area (Å²) in [5.74, 6) is 2.82. The standard InChI is InChI=1S/C19H29NO/c1-3-20-19(15-8-6-14(2)7-9-15)17-10-11-18-16(13-17)5-4-12-21-18/h10-11,13-15,19-20H,3-9,12H2,1-2H3.